The normalized spacial score (nSPS) is 19.0. The van der Waals surface area contributed by atoms with Crippen LogP contribution in [0.4, 0.5) is 0 Å². The van der Waals surface area contributed by atoms with Crippen molar-refractivity contribution in [3.8, 4) is 11.5 Å². The third kappa shape index (κ3) is 1.11. The Morgan fingerprint density at radius 1 is 1.50 bits per heavy atom. The Kier molecular flexibility index (Phi) is 1.84. The minimum Gasteiger partial charge on any atom is -0.507 e. The largest absolute Gasteiger partial charge is 0.507 e. The lowest BCUT2D eigenvalue weighted by molar-refractivity contribution is 0.0420. The van der Waals surface area contributed by atoms with Crippen molar-refractivity contribution in [2.75, 3.05) is 7.11 Å². The quantitative estimate of drug-likeness (QED) is 0.690. The number of rotatable bonds is 1. The van der Waals surface area contributed by atoms with E-state index in [1.165, 1.54) is 13.2 Å². The van der Waals surface area contributed by atoms with Crippen LogP contribution >= 0.6 is 0 Å². The van der Waals surface area contributed by atoms with E-state index in [9.17, 15) is 9.90 Å². The van der Waals surface area contributed by atoms with E-state index < -0.39 is 5.97 Å². The molecule has 1 N–H and O–H groups in total. The number of phenolic OH excluding ortho intramolecular Hbond substituents is 1. The summed E-state index contributed by atoms with van der Waals surface area (Å²) < 4.78 is 9.93. The summed E-state index contributed by atoms with van der Waals surface area (Å²) in [6.07, 6.45) is -0.321. The molecule has 0 saturated heterocycles. The number of ether oxygens (including phenoxy) is 2. The molecule has 74 valence electrons. The summed E-state index contributed by atoms with van der Waals surface area (Å²) in [6.45, 7) is 1.75. The van der Waals surface area contributed by atoms with Crippen LogP contribution in [0.15, 0.2) is 12.1 Å². The molecule has 1 aromatic rings. The molecule has 14 heavy (non-hydrogen) atoms. The highest BCUT2D eigenvalue weighted by Crippen LogP contribution is 2.38. The molecule has 0 radical (unpaired) electrons. The third-order valence-corrected chi connectivity index (χ3v) is 2.28. The molecule has 4 nitrogen and oxygen atoms in total. The summed E-state index contributed by atoms with van der Waals surface area (Å²) in [6, 6.07) is 3.10. The number of phenols is 1. The maximum Gasteiger partial charge on any atom is 0.342 e. The molecule has 0 aromatic heterocycles. The first kappa shape index (κ1) is 8.87. The molecule has 1 atom stereocenters. The van der Waals surface area contributed by atoms with Gasteiger partial charge in [-0.05, 0) is 13.0 Å². The maximum absolute atomic E-state index is 11.3. The van der Waals surface area contributed by atoms with Crippen LogP contribution < -0.4 is 4.74 Å². The van der Waals surface area contributed by atoms with E-state index in [0.29, 0.717) is 11.3 Å². The van der Waals surface area contributed by atoms with Crippen molar-refractivity contribution in [2.45, 2.75) is 13.0 Å². The molecule has 0 saturated carbocycles. The lowest BCUT2D eigenvalue weighted by atomic mass is 10.0. The highest BCUT2D eigenvalue weighted by Gasteiger charge is 2.31. The van der Waals surface area contributed by atoms with E-state index in [2.05, 4.69) is 0 Å². The maximum atomic E-state index is 11.3. The standard InChI is InChI=1S/C10H10O4/c1-5-7-3-6(13-2)4-8(11)9(7)10(12)14-5/h3-5,11H,1-2H3. The Bertz CT molecular complexity index is 397. The van der Waals surface area contributed by atoms with Crippen LogP contribution in [0.2, 0.25) is 0 Å². The van der Waals surface area contributed by atoms with E-state index in [0.717, 1.165) is 0 Å². The molecular formula is C10H10O4. The molecule has 4 heteroatoms. The number of esters is 1. The van der Waals surface area contributed by atoms with Gasteiger partial charge in [-0.1, -0.05) is 0 Å². The van der Waals surface area contributed by atoms with Crippen LogP contribution in [-0.2, 0) is 4.74 Å². The second kappa shape index (κ2) is 2.90. The summed E-state index contributed by atoms with van der Waals surface area (Å²) in [5, 5.41) is 9.55. The fourth-order valence-electron chi connectivity index (χ4n) is 1.57. The molecule has 0 amide bonds. The van der Waals surface area contributed by atoms with Crippen molar-refractivity contribution in [1.29, 1.82) is 0 Å². The molecule has 0 bridgehead atoms. The van der Waals surface area contributed by atoms with Crippen molar-refractivity contribution in [3.05, 3.63) is 23.3 Å². The van der Waals surface area contributed by atoms with Gasteiger partial charge in [-0.2, -0.15) is 0 Å². The first-order valence-electron chi connectivity index (χ1n) is 4.25. The van der Waals surface area contributed by atoms with Crippen molar-refractivity contribution >= 4 is 5.97 Å². The molecule has 2 rings (SSSR count). The Morgan fingerprint density at radius 3 is 2.86 bits per heavy atom. The zero-order chi connectivity index (χ0) is 10.3. The molecule has 1 aliphatic heterocycles. The van der Waals surface area contributed by atoms with Gasteiger partial charge < -0.3 is 14.6 Å². The van der Waals surface area contributed by atoms with Crippen LogP contribution in [0.5, 0.6) is 11.5 Å². The van der Waals surface area contributed by atoms with Crippen LogP contribution in [-0.4, -0.2) is 18.2 Å². The van der Waals surface area contributed by atoms with Crippen molar-refractivity contribution in [1.82, 2.24) is 0 Å². The number of fused-ring (bicyclic) bond motifs is 1. The van der Waals surface area contributed by atoms with Gasteiger partial charge in [0.1, 0.15) is 23.2 Å². The highest BCUT2D eigenvalue weighted by molar-refractivity contribution is 5.97. The second-order valence-corrected chi connectivity index (χ2v) is 3.16. The minimum atomic E-state index is -0.479. The number of hydrogen-bond acceptors (Lipinski definition) is 4. The predicted molar refractivity (Wildman–Crippen MR) is 48.5 cm³/mol. The van der Waals surface area contributed by atoms with E-state index in [1.807, 2.05) is 0 Å². The molecule has 1 aliphatic rings. The minimum absolute atomic E-state index is 0.0892. The summed E-state index contributed by atoms with van der Waals surface area (Å²) in [4.78, 5) is 11.3. The van der Waals surface area contributed by atoms with Gasteiger partial charge in [0.05, 0.1) is 7.11 Å². The summed E-state index contributed by atoms with van der Waals surface area (Å²) in [5.74, 6) is -0.0484. The summed E-state index contributed by atoms with van der Waals surface area (Å²) >= 11 is 0. The Morgan fingerprint density at radius 2 is 2.21 bits per heavy atom. The van der Waals surface area contributed by atoms with Gasteiger partial charge in [-0.15, -0.1) is 0 Å². The van der Waals surface area contributed by atoms with Crippen molar-refractivity contribution < 1.29 is 19.4 Å². The van der Waals surface area contributed by atoms with Crippen LogP contribution in [0, 0.1) is 0 Å². The van der Waals surface area contributed by atoms with Crippen LogP contribution in [0.3, 0.4) is 0 Å². The summed E-state index contributed by atoms with van der Waals surface area (Å²) in [5.41, 5.74) is 0.921. The number of carbonyl (C=O) groups is 1. The second-order valence-electron chi connectivity index (χ2n) is 3.16. The number of benzene rings is 1. The molecule has 0 spiro atoms. The molecule has 1 aromatic carbocycles. The average molecular weight is 194 g/mol. The van der Waals surface area contributed by atoms with Crippen LogP contribution in [0.1, 0.15) is 28.9 Å². The van der Waals surface area contributed by atoms with Gasteiger partial charge in [-0.25, -0.2) is 4.79 Å². The average Bonchev–Trinajstić information content (AvgIpc) is 2.42. The van der Waals surface area contributed by atoms with Crippen LogP contribution in [0.25, 0.3) is 0 Å². The number of cyclic esters (lactones) is 1. The smallest absolute Gasteiger partial charge is 0.342 e. The van der Waals surface area contributed by atoms with E-state index in [4.69, 9.17) is 9.47 Å². The predicted octanol–water partition coefficient (Wildman–Crippen LogP) is 1.63. The molecule has 0 fully saturated rings. The Hall–Kier alpha value is -1.71. The monoisotopic (exact) mass is 194 g/mol. The summed E-state index contributed by atoms with van der Waals surface area (Å²) in [7, 11) is 1.50. The van der Waals surface area contributed by atoms with Gasteiger partial charge in [0.15, 0.2) is 0 Å². The van der Waals surface area contributed by atoms with Gasteiger partial charge in [0.2, 0.25) is 0 Å². The molecular weight excluding hydrogens is 184 g/mol. The lowest BCUT2D eigenvalue weighted by Gasteiger charge is -2.05. The van der Waals surface area contributed by atoms with Crippen molar-refractivity contribution in [3.63, 3.8) is 0 Å². The van der Waals surface area contributed by atoms with Gasteiger partial charge in [0.25, 0.3) is 0 Å². The highest BCUT2D eigenvalue weighted by atomic mass is 16.5. The number of carbonyl (C=O) groups excluding carboxylic acids is 1. The lowest BCUT2D eigenvalue weighted by Crippen LogP contribution is -1.95. The molecule has 1 heterocycles. The Balaban J connectivity index is 2.62. The Labute approximate surface area is 81.1 Å². The number of aromatic hydroxyl groups is 1. The van der Waals surface area contributed by atoms with Gasteiger partial charge in [0, 0.05) is 11.6 Å². The van der Waals surface area contributed by atoms with E-state index >= 15 is 0 Å². The third-order valence-electron chi connectivity index (χ3n) is 2.28. The topological polar surface area (TPSA) is 55.8 Å². The molecule has 0 aliphatic carbocycles. The van der Waals surface area contributed by atoms with Gasteiger partial charge >= 0.3 is 5.97 Å². The van der Waals surface area contributed by atoms with E-state index in [-0.39, 0.29) is 17.4 Å². The zero-order valence-electron chi connectivity index (χ0n) is 7.90. The number of methoxy groups -OCH3 is 1. The first-order valence-corrected chi connectivity index (χ1v) is 4.25. The fraction of sp³-hybridized carbons (Fsp3) is 0.300. The zero-order valence-corrected chi connectivity index (χ0v) is 7.90. The fourth-order valence-corrected chi connectivity index (χ4v) is 1.57. The van der Waals surface area contributed by atoms with Crippen molar-refractivity contribution in [2.24, 2.45) is 0 Å². The first-order chi connectivity index (χ1) is 6.63. The SMILES string of the molecule is COc1cc(O)c2c(c1)C(C)OC2=O. The number of hydrogen-bond donors (Lipinski definition) is 1. The van der Waals surface area contributed by atoms with Gasteiger partial charge in [-0.3, -0.25) is 0 Å². The molecule has 1 unspecified atom stereocenters. The van der Waals surface area contributed by atoms with E-state index in [1.54, 1.807) is 13.0 Å².